The van der Waals surface area contributed by atoms with Crippen molar-refractivity contribution >= 4 is 29.1 Å². The zero-order chi connectivity index (χ0) is 19.0. The minimum Gasteiger partial charge on any atom is -0.459 e. The Morgan fingerprint density at radius 2 is 1.96 bits per heavy atom. The van der Waals surface area contributed by atoms with Gasteiger partial charge in [-0.25, -0.2) is 4.39 Å². The largest absolute Gasteiger partial charge is 0.459 e. The van der Waals surface area contributed by atoms with E-state index >= 15 is 0 Å². The fourth-order valence-electron chi connectivity index (χ4n) is 3.21. The van der Waals surface area contributed by atoms with Crippen molar-refractivity contribution in [1.29, 1.82) is 0 Å². The Labute approximate surface area is 159 Å². The van der Waals surface area contributed by atoms with Crippen LogP contribution in [0.15, 0.2) is 65.3 Å². The highest BCUT2D eigenvalue weighted by Crippen LogP contribution is 2.38. The minimum absolute atomic E-state index is 0.111. The van der Waals surface area contributed by atoms with Crippen LogP contribution in [-0.2, 0) is 4.79 Å². The Hall–Kier alpha value is -3.12. The van der Waals surface area contributed by atoms with E-state index in [4.69, 9.17) is 16.0 Å². The second-order valence-electron chi connectivity index (χ2n) is 6.14. The summed E-state index contributed by atoms with van der Waals surface area (Å²) < 4.78 is 18.7. The monoisotopic (exact) mass is 384 g/mol. The van der Waals surface area contributed by atoms with Crippen molar-refractivity contribution < 1.29 is 18.4 Å². The summed E-state index contributed by atoms with van der Waals surface area (Å²) in [5.74, 6) is -1.07. The molecule has 1 aliphatic rings. The van der Waals surface area contributed by atoms with E-state index in [1.807, 2.05) is 0 Å². The third-order valence-electron chi connectivity index (χ3n) is 4.39. The highest BCUT2D eigenvalue weighted by Gasteiger charge is 2.35. The lowest BCUT2D eigenvalue weighted by molar-refractivity contribution is -0.117. The first-order valence-electron chi connectivity index (χ1n) is 8.22. The van der Waals surface area contributed by atoms with Gasteiger partial charge in [0.2, 0.25) is 5.91 Å². The van der Waals surface area contributed by atoms with Crippen molar-refractivity contribution in [3.8, 4) is 0 Å². The fourth-order valence-corrected chi connectivity index (χ4v) is 3.39. The highest BCUT2D eigenvalue weighted by atomic mass is 35.5. The zero-order valence-corrected chi connectivity index (χ0v) is 14.7. The first-order valence-corrected chi connectivity index (χ1v) is 8.60. The summed E-state index contributed by atoms with van der Waals surface area (Å²) in [4.78, 5) is 26.9. The number of hydrogen-bond acceptors (Lipinski definition) is 3. The van der Waals surface area contributed by atoms with Gasteiger partial charge in [0.1, 0.15) is 12.4 Å². The number of benzene rings is 2. The third-order valence-corrected chi connectivity index (χ3v) is 4.62. The predicted molar refractivity (Wildman–Crippen MR) is 98.1 cm³/mol. The fraction of sp³-hybridized carbons (Fsp3) is 0.100. The molecule has 1 aliphatic heterocycles. The van der Waals surface area contributed by atoms with Crippen molar-refractivity contribution in [2.24, 2.45) is 0 Å². The lowest BCUT2D eigenvalue weighted by Gasteiger charge is -2.30. The molecule has 0 bridgehead atoms. The van der Waals surface area contributed by atoms with Gasteiger partial charge < -0.3 is 14.6 Å². The molecule has 0 saturated heterocycles. The average Bonchev–Trinajstić information content (AvgIpc) is 3.14. The summed E-state index contributed by atoms with van der Waals surface area (Å²) >= 11 is 6.18. The molecule has 4 rings (SSSR count). The van der Waals surface area contributed by atoms with E-state index in [-0.39, 0.29) is 18.2 Å². The number of rotatable bonds is 2. The van der Waals surface area contributed by atoms with Crippen molar-refractivity contribution in [3.63, 3.8) is 0 Å². The smallest absolute Gasteiger partial charge is 0.290 e. The van der Waals surface area contributed by atoms with Crippen LogP contribution >= 0.6 is 11.6 Å². The summed E-state index contributed by atoms with van der Waals surface area (Å²) in [6.45, 7) is -0.187. The molecule has 2 aromatic carbocycles. The van der Waals surface area contributed by atoms with Gasteiger partial charge in [0.25, 0.3) is 5.91 Å². The lowest BCUT2D eigenvalue weighted by atomic mass is 9.95. The van der Waals surface area contributed by atoms with E-state index in [0.29, 0.717) is 21.8 Å². The molecule has 2 heterocycles. The summed E-state index contributed by atoms with van der Waals surface area (Å²) in [7, 11) is 0. The van der Waals surface area contributed by atoms with Crippen LogP contribution in [0, 0.1) is 5.82 Å². The van der Waals surface area contributed by atoms with Gasteiger partial charge in [-0.2, -0.15) is 0 Å². The molecule has 1 aromatic heterocycles. The number of halogens is 2. The van der Waals surface area contributed by atoms with Crippen molar-refractivity contribution in [2.75, 3.05) is 11.9 Å². The number of furan rings is 1. The lowest BCUT2D eigenvalue weighted by Crippen LogP contribution is -2.38. The molecule has 5 nitrogen and oxygen atoms in total. The molecule has 3 aromatic rings. The molecule has 0 radical (unpaired) electrons. The minimum atomic E-state index is -0.643. The van der Waals surface area contributed by atoms with Crippen LogP contribution in [0.4, 0.5) is 10.1 Å². The molecule has 0 unspecified atom stereocenters. The molecular weight excluding hydrogens is 371 g/mol. The Balaban J connectivity index is 1.90. The van der Waals surface area contributed by atoms with Gasteiger partial charge in [0, 0.05) is 16.3 Å². The van der Waals surface area contributed by atoms with Gasteiger partial charge in [-0.3, -0.25) is 9.59 Å². The summed E-state index contributed by atoms with van der Waals surface area (Å²) in [6.07, 6.45) is 1.39. The Kier molecular flexibility index (Phi) is 4.41. The molecule has 27 heavy (non-hydrogen) atoms. The van der Waals surface area contributed by atoms with E-state index in [2.05, 4.69) is 5.32 Å². The molecule has 1 N–H and O–H groups in total. The van der Waals surface area contributed by atoms with Gasteiger partial charge in [-0.05, 0) is 48.0 Å². The first-order chi connectivity index (χ1) is 13.0. The van der Waals surface area contributed by atoms with Gasteiger partial charge in [-0.1, -0.05) is 23.7 Å². The number of nitrogens with one attached hydrogen (secondary N) is 1. The van der Waals surface area contributed by atoms with Crippen LogP contribution in [0.25, 0.3) is 0 Å². The van der Waals surface area contributed by atoms with Gasteiger partial charge >= 0.3 is 0 Å². The van der Waals surface area contributed by atoms with Crippen molar-refractivity contribution in [3.05, 3.63) is 88.6 Å². The summed E-state index contributed by atoms with van der Waals surface area (Å²) in [5, 5.41) is 3.26. The molecule has 0 spiro atoms. The molecule has 1 atom stereocenters. The van der Waals surface area contributed by atoms with Gasteiger partial charge in [0.15, 0.2) is 5.76 Å². The predicted octanol–water partition coefficient (Wildman–Crippen LogP) is 4.26. The second kappa shape index (κ2) is 6.89. The molecule has 7 heteroatoms. The van der Waals surface area contributed by atoms with Gasteiger partial charge in [0.05, 0.1) is 12.3 Å². The maximum Gasteiger partial charge on any atom is 0.290 e. The average molecular weight is 385 g/mol. The van der Waals surface area contributed by atoms with E-state index in [1.54, 1.807) is 36.4 Å². The highest BCUT2D eigenvalue weighted by molar-refractivity contribution is 6.30. The molecular formula is C20H14ClFN2O3. The number of hydrogen-bond donors (Lipinski definition) is 1. The van der Waals surface area contributed by atoms with Crippen LogP contribution in [-0.4, -0.2) is 23.3 Å². The van der Waals surface area contributed by atoms with Crippen LogP contribution in [0.5, 0.6) is 0 Å². The first kappa shape index (κ1) is 17.3. The number of carbonyl (C=O) groups is 2. The molecule has 2 amide bonds. The van der Waals surface area contributed by atoms with Gasteiger partial charge in [-0.15, -0.1) is 0 Å². The van der Waals surface area contributed by atoms with E-state index in [9.17, 15) is 14.0 Å². The number of fused-ring (bicyclic) bond motifs is 1. The molecule has 136 valence electrons. The molecule has 0 fully saturated rings. The third kappa shape index (κ3) is 3.31. The zero-order valence-electron chi connectivity index (χ0n) is 14.0. The number of nitrogens with zero attached hydrogens (tertiary/aromatic N) is 1. The normalized spacial score (nSPS) is 16.4. The SMILES string of the molecule is O=C1CN(C(=O)c2ccco2)[C@@H](c2ccc(F)cc2)c2cc(Cl)ccc2N1. The molecule has 0 aliphatic carbocycles. The van der Waals surface area contributed by atoms with Crippen molar-refractivity contribution in [2.45, 2.75) is 6.04 Å². The van der Waals surface area contributed by atoms with Crippen molar-refractivity contribution in [1.82, 2.24) is 4.90 Å². The summed E-state index contributed by atoms with van der Waals surface area (Å²) in [6, 6.07) is 13.3. The Morgan fingerprint density at radius 3 is 2.67 bits per heavy atom. The molecule has 0 saturated carbocycles. The second-order valence-corrected chi connectivity index (χ2v) is 6.58. The van der Waals surface area contributed by atoms with Crippen LogP contribution in [0.3, 0.4) is 0 Å². The van der Waals surface area contributed by atoms with E-state index in [0.717, 1.165) is 0 Å². The van der Waals surface area contributed by atoms with Crippen LogP contribution < -0.4 is 5.32 Å². The van der Waals surface area contributed by atoms with Crippen LogP contribution in [0.1, 0.15) is 27.7 Å². The standard InChI is InChI=1S/C20H14ClFN2O3/c21-13-5-8-16-15(10-13)19(12-3-6-14(22)7-4-12)24(11-18(25)23-16)20(26)17-2-1-9-27-17/h1-10,19H,11H2,(H,23,25)/t19-/m0/s1. The Bertz CT molecular complexity index is 1000. The quantitative estimate of drug-likeness (QED) is 0.718. The Morgan fingerprint density at radius 1 is 1.19 bits per heavy atom. The van der Waals surface area contributed by atoms with Crippen LogP contribution in [0.2, 0.25) is 5.02 Å². The maximum absolute atomic E-state index is 13.5. The maximum atomic E-state index is 13.5. The number of anilines is 1. The van der Waals surface area contributed by atoms with E-state index < -0.39 is 17.8 Å². The van der Waals surface area contributed by atoms with E-state index in [1.165, 1.54) is 29.4 Å². The topological polar surface area (TPSA) is 62.6 Å². The number of carbonyl (C=O) groups excluding carboxylic acids is 2. The summed E-state index contributed by atoms with van der Waals surface area (Å²) in [5.41, 5.74) is 1.84. The number of amides is 2.